The zero-order chi connectivity index (χ0) is 30.4. The van der Waals surface area contributed by atoms with Gasteiger partial charge in [0.15, 0.2) is 0 Å². The van der Waals surface area contributed by atoms with E-state index in [1.807, 2.05) is 11.8 Å². The number of unbranched alkanes of at least 4 members (excludes halogenated alkanes) is 2. The number of hydrogen-bond donors (Lipinski definition) is 1. The van der Waals surface area contributed by atoms with E-state index in [1.165, 1.54) is 22.7 Å². The Morgan fingerprint density at radius 3 is 2.45 bits per heavy atom. The Balaban J connectivity index is 1.67. The maximum atomic E-state index is 14.5. The van der Waals surface area contributed by atoms with Gasteiger partial charge in [-0.15, -0.1) is 0 Å². The lowest BCUT2D eigenvalue weighted by Crippen LogP contribution is -2.49. The number of carboxylic acid groups (broad SMARTS) is 1. The molecule has 1 aromatic heterocycles. The van der Waals surface area contributed by atoms with Gasteiger partial charge in [-0.05, 0) is 50.0 Å². The maximum absolute atomic E-state index is 14.5. The number of thiocarbonyl (C=S) groups is 1. The number of aromatic nitrogens is 1. The second kappa shape index (κ2) is 14.0. The number of nitriles is 1. The van der Waals surface area contributed by atoms with Gasteiger partial charge in [-0.2, -0.15) is 5.26 Å². The number of nitrogens with zero attached hydrogens (tertiary/aromatic N) is 5. The molecule has 9 nitrogen and oxygen atoms in total. The summed E-state index contributed by atoms with van der Waals surface area (Å²) in [4.78, 5) is 43.7. The van der Waals surface area contributed by atoms with Gasteiger partial charge in [-0.1, -0.05) is 49.5 Å². The van der Waals surface area contributed by atoms with E-state index in [2.05, 4.69) is 11.0 Å². The van der Waals surface area contributed by atoms with Crippen molar-refractivity contribution < 1.29 is 19.1 Å². The predicted molar refractivity (Wildman–Crippen MR) is 167 cm³/mol. The van der Waals surface area contributed by atoms with Crippen LogP contribution in [-0.2, 0) is 16.1 Å². The van der Waals surface area contributed by atoms with Crippen LogP contribution in [0, 0.1) is 24.1 Å². The molecule has 0 saturated carbocycles. The second-order valence-corrected chi connectivity index (χ2v) is 11.9. The molecule has 2 aliphatic rings. The topological polar surface area (TPSA) is 110 Å². The molecule has 2 aliphatic heterocycles. The number of rotatable bonds is 11. The number of carbonyl (C=O) groups excluding carboxylic acids is 1. The monoisotopic (exact) mass is 611 g/mol. The first-order valence-corrected chi connectivity index (χ1v) is 15.3. The molecule has 0 bridgehead atoms. The first kappa shape index (κ1) is 31.3. The summed E-state index contributed by atoms with van der Waals surface area (Å²) in [7, 11) is 0. The fourth-order valence-electron chi connectivity index (χ4n) is 5.33. The molecule has 3 heterocycles. The van der Waals surface area contributed by atoms with Gasteiger partial charge in [0.1, 0.15) is 27.6 Å². The third-order valence-electron chi connectivity index (χ3n) is 7.49. The number of para-hydroxylation sites is 1. The van der Waals surface area contributed by atoms with Crippen LogP contribution in [0.25, 0.3) is 6.08 Å². The Morgan fingerprint density at radius 1 is 1.12 bits per heavy atom. The highest BCUT2D eigenvalue weighted by atomic mass is 32.2. The first-order valence-electron chi connectivity index (χ1n) is 14.1. The number of carboxylic acids is 1. The Morgan fingerprint density at radius 2 is 1.81 bits per heavy atom. The van der Waals surface area contributed by atoms with Crippen LogP contribution in [0.3, 0.4) is 0 Å². The molecule has 1 N–H and O–H groups in total. The Labute approximate surface area is 254 Å². The number of pyridine rings is 1. The van der Waals surface area contributed by atoms with Crippen molar-refractivity contribution in [2.45, 2.75) is 52.5 Å². The minimum atomic E-state index is -0.843. The van der Waals surface area contributed by atoms with Crippen LogP contribution in [0.5, 0.6) is 0 Å². The van der Waals surface area contributed by atoms with Crippen molar-refractivity contribution in [2.24, 2.45) is 0 Å². The van der Waals surface area contributed by atoms with Crippen molar-refractivity contribution in [3.8, 4) is 6.07 Å². The molecule has 0 aliphatic carbocycles. The van der Waals surface area contributed by atoms with Crippen molar-refractivity contribution in [1.29, 1.82) is 5.26 Å². The molecule has 12 heteroatoms. The van der Waals surface area contributed by atoms with Crippen molar-refractivity contribution in [2.75, 3.05) is 42.5 Å². The van der Waals surface area contributed by atoms with Crippen molar-refractivity contribution in [3.05, 3.63) is 62.0 Å². The molecule has 1 amide bonds. The van der Waals surface area contributed by atoms with Gasteiger partial charge in [0.25, 0.3) is 11.5 Å². The molecule has 2 saturated heterocycles. The molecule has 1 aromatic carbocycles. The van der Waals surface area contributed by atoms with E-state index in [9.17, 15) is 24.0 Å². The van der Waals surface area contributed by atoms with E-state index in [0.29, 0.717) is 96.8 Å². The smallest absolute Gasteiger partial charge is 0.303 e. The SMILES string of the molecule is CCCn1c(N2CCN(c3ccccc3F)CC2)c(/C=C2/SC(=S)N(CCCCCC(=O)O)C2=O)c(C)c(C#N)c1=O. The van der Waals surface area contributed by atoms with Crippen molar-refractivity contribution in [1.82, 2.24) is 9.47 Å². The minimum Gasteiger partial charge on any atom is -0.481 e. The van der Waals surface area contributed by atoms with E-state index in [4.69, 9.17) is 17.3 Å². The van der Waals surface area contributed by atoms with Gasteiger partial charge in [0, 0.05) is 51.3 Å². The first-order chi connectivity index (χ1) is 20.2. The predicted octanol–water partition coefficient (Wildman–Crippen LogP) is 4.75. The molecule has 0 radical (unpaired) electrons. The summed E-state index contributed by atoms with van der Waals surface area (Å²) in [5.74, 6) is -0.729. The number of anilines is 2. The molecule has 0 unspecified atom stereocenters. The Kier molecular flexibility index (Phi) is 10.4. The summed E-state index contributed by atoms with van der Waals surface area (Å²) in [6.07, 6.45) is 4.32. The zero-order valence-corrected chi connectivity index (χ0v) is 25.4. The van der Waals surface area contributed by atoms with Crippen LogP contribution in [0.1, 0.15) is 55.7 Å². The fourth-order valence-corrected chi connectivity index (χ4v) is 6.62. The van der Waals surface area contributed by atoms with Crippen LogP contribution in [0.15, 0.2) is 34.0 Å². The van der Waals surface area contributed by atoms with E-state index in [1.54, 1.807) is 35.8 Å². The molecular weight excluding hydrogens is 577 g/mol. The van der Waals surface area contributed by atoms with Crippen LogP contribution >= 0.6 is 24.0 Å². The largest absolute Gasteiger partial charge is 0.481 e. The lowest BCUT2D eigenvalue weighted by molar-refractivity contribution is -0.137. The van der Waals surface area contributed by atoms with E-state index < -0.39 is 5.97 Å². The zero-order valence-electron chi connectivity index (χ0n) is 23.8. The van der Waals surface area contributed by atoms with Crippen LogP contribution in [0.2, 0.25) is 0 Å². The van der Waals surface area contributed by atoms with Crippen molar-refractivity contribution >= 4 is 57.8 Å². The number of halogens is 1. The average molecular weight is 612 g/mol. The summed E-state index contributed by atoms with van der Waals surface area (Å²) < 4.78 is 16.5. The summed E-state index contributed by atoms with van der Waals surface area (Å²) in [5, 5.41) is 18.7. The summed E-state index contributed by atoms with van der Waals surface area (Å²) in [5.41, 5.74) is 1.33. The number of carbonyl (C=O) groups is 2. The molecule has 222 valence electrons. The molecular formula is C30H34FN5O4S2. The number of thioether (sulfide) groups is 1. The highest BCUT2D eigenvalue weighted by Crippen LogP contribution is 2.36. The van der Waals surface area contributed by atoms with Crippen molar-refractivity contribution in [3.63, 3.8) is 0 Å². The fraction of sp³-hybridized carbons (Fsp3) is 0.433. The second-order valence-electron chi connectivity index (χ2n) is 10.3. The molecule has 2 fully saturated rings. The molecule has 2 aromatic rings. The van der Waals surface area contributed by atoms with Crippen LogP contribution in [0.4, 0.5) is 15.9 Å². The van der Waals surface area contributed by atoms with Gasteiger partial charge in [-0.3, -0.25) is 23.9 Å². The summed E-state index contributed by atoms with van der Waals surface area (Å²) in [6, 6.07) is 8.72. The van der Waals surface area contributed by atoms with Gasteiger partial charge in [0.05, 0.1) is 10.6 Å². The highest BCUT2D eigenvalue weighted by Gasteiger charge is 2.33. The minimum absolute atomic E-state index is 0.0392. The number of aliphatic carboxylic acids is 1. The molecule has 4 rings (SSSR count). The van der Waals surface area contributed by atoms with Gasteiger partial charge < -0.3 is 14.9 Å². The average Bonchev–Trinajstić information content (AvgIpc) is 3.23. The van der Waals surface area contributed by atoms with Gasteiger partial charge in [-0.25, -0.2) is 4.39 Å². The van der Waals surface area contributed by atoms with E-state index >= 15 is 0 Å². The van der Waals surface area contributed by atoms with Crippen LogP contribution < -0.4 is 15.4 Å². The summed E-state index contributed by atoms with van der Waals surface area (Å²) >= 11 is 6.69. The summed E-state index contributed by atoms with van der Waals surface area (Å²) in [6.45, 7) is 6.57. The Bertz CT molecular complexity index is 1510. The van der Waals surface area contributed by atoms with E-state index in [-0.39, 0.29) is 29.3 Å². The third kappa shape index (κ3) is 6.68. The standard InChI is InChI=1S/C30H34FN5O4S2/c1-3-12-35-27(34-16-14-33(15-17-34)24-10-7-6-9-23(24)31)21(20(2)22(19-32)28(35)39)18-25-29(40)36(30(41)42-25)13-8-4-5-11-26(37)38/h6-7,9-10,18H,3-5,8,11-17H2,1-2H3,(H,37,38)/b25-18+. The van der Waals surface area contributed by atoms with Gasteiger partial charge in [0.2, 0.25) is 0 Å². The molecule has 0 atom stereocenters. The Hall–Kier alpha value is -3.69. The van der Waals surface area contributed by atoms with E-state index in [0.717, 1.165) is 0 Å². The number of benzene rings is 1. The molecule has 0 spiro atoms. The highest BCUT2D eigenvalue weighted by molar-refractivity contribution is 8.26. The number of piperazine rings is 1. The normalized spacial score (nSPS) is 16.4. The number of hydrogen-bond acceptors (Lipinski definition) is 8. The third-order valence-corrected chi connectivity index (χ3v) is 8.87. The number of amides is 1. The quantitative estimate of drug-likeness (QED) is 0.219. The van der Waals surface area contributed by atoms with Gasteiger partial charge >= 0.3 is 5.97 Å². The maximum Gasteiger partial charge on any atom is 0.303 e. The van der Waals surface area contributed by atoms with Crippen LogP contribution in [-0.4, -0.2) is 63.5 Å². The lowest BCUT2D eigenvalue weighted by Gasteiger charge is -2.39. The lowest BCUT2D eigenvalue weighted by atomic mass is 10.0. The molecule has 42 heavy (non-hydrogen) atoms.